The van der Waals surface area contributed by atoms with Gasteiger partial charge in [0, 0.05) is 18.0 Å². The van der Waals surface area contributed by atoms with Crippen molar-refractivity contribution in [3.8, 4) is 0 Å². The van der Waals surface area contributed by atoms with Crippen LogP contribution in [0, 0.1) is 17.2 Å². The Balaban J connectivity index is 1.41. The van der Waals surface area contributed by atoms with Gasteiger partial charge >= 0.3 is 0 Å². The van der Waals surface area contributed by atoms with E-state index >= 15 is 0 Å². The maximum atomic E-state index is 13.6. The molecule has 2 aliphatic rings. The molecular weight excluding hydrogens is 369 g/mol. The fourth-order valence-corrected chi connectivity index (χ4v) is 5.45. The van der Waals surface area contributed by atoms with Crippen LogP contribution in [0.2, 0.25) is 5.02 Å². The molecule has 1 spiro atoms. The molecule has 0 bridgehead atoms. The molecule has 1 aromatic carbocycles. The van der Waals surface area contributed by atoms with E-state index < -0.39 is 5.82 Å². The van der Waals surface area contributed by atoms with Gasteiger partial charge in [-0.1, -0.05) is 49.2 Å². The highest BCUT2D eigenvalue weighted by molar-refractivity contribution is 7.99. The van der Waals surface area contributed by atoms with E-state index in [9.17, 15) is 4.39 Å². The van der Waals surface area contributed by atoms with Crippen LogP contribution in [-0.2, 0) is 0 Å². The first-order chi connectivity index (χ1) is 12.6. The molecule has 2 heterocycles. The molecule has 26 heavy (non-hydrogen) atoms. The number of benzene rings is 1. The molecule has 3 nitrogen and oxygen atoms in total. The Morgan fingerprint density at radius 2 is 2.00 bits per heavy atom. The summed E-state index contributed by atoms with van der Waals surface area (Å²) < 4.78 is 13.6. The first-order valence-corrected chi connectivity index (χ1v) is 10.5. The van der Waals surface area contributed by atoms with Crippen molar-refractivity contribution in [3.63, 3.8) is 0 Å². The average molecular weight is 392 g/mol. The van der Waals surface area contributed by atoms with Crippen LogP contribution >= 0.6 is 23.4 Å². The Kier molecular flexibility index (Phi) is 5.11. The predicted molar refractivity (Wildman–Crippen MR) is 104 cm³/mol. The van der Waals surface area contributed by atoms with E-state index in [2.05, 4.69) is 21.8 Å². The van der Waals surface area contributed by atoms with E-state index in [-0.39, 0.29) is 5.02 Å². The molecule has 2 fully saturated rings. The molecule has 0 unspecified atom stereocenters. The van der Waals surface area contributed by atoms with Gasteiger partial charge in [-0.15, -0.1) is 0 Å². The monoisotopic (exact) mass is 391 g/mol. The number of hydrogen-bond donors (Lipinski definition) is 0. The van der Waals surface area contributed by atoms with Crippen LogP contribution in [0.1, 0.15) is 39.0 Å². The summed E-state index contributed by atoms with van der Waals surface area (Å²) in [5.41, 5.74) is 0.563. The van der Waals surface area contributed by atoms with Gasteiger partial charge in [-0.3, -0.25) is 0 Å². The lowest BCUT2D eigenvalue weighted by Gasteiger charge is -2.42. The van der Waals surface area contributed by atoms with Crippen molar-refractivity contribution in [2.24, 2.45) is 11.3 Å². The normalized spacial score (nSPS) is 22.1. The third-order valence-electron chi connectivity index (χ3n) is 6.19. The molecule has 1 aliphatic carbocycles. The third kappa shape index (κ3) is 3.44. The molecule has 1 aliphatic heterocycles. The second-order valence-corrected chi connectivity index (χ2v) is 8.95. The second kappa shape index (κ2) is 7.35. The Bertz CT molecular complexity index is 775. The molecule has 0 amide bonds. The molecule has 1 aromatic heterocycles. The summed E-state index contributed by atoms with van der Waals surface area (Å²) in [5.74, 6) is 1.37. The zero-order valence-electron chi connectivity index (χ0n) is 14.9. The summed E-state index contributed by atoms with van der Waals surface area (Å²) in [6, 6.07) is 4.80. The lowest BCUT2D eigenvalue weighted by atomic mass is 9.71. The fourth-order valence-electron chi connectivity index (χ4n) is 4.44. The standard InChI is InChI=1S/C20H23ClFN3S/c1-14-4-3-7-20(14)8-10-25(11-9-20)17-12-24-18(13-23-17)26-16-6-2-5-15(22)19(16)21/h2,5-6,12-14H,3-4,7-11H2,1H3/t14-/m1/s1. The van der Waals surface area contributed by atoms with Crippen molar-refractivity contribution < 1.29 is 4.39 Å². The number of piperidine rings is 1. The summed E-state index contributed by atoms with van der Waals surface area (Å²) >= 11 is 7.35. The van der Waals surface area contributed by atoms with Crippen molar-refractivity contribution in [2.75, 3.05) is 18.0 Å². The first-order valence-electron chi connectivity index (χ1n) is 9.26. The summed E-state index contributed by atoms with van der Waals surface area (Å²) in [4.78, 5) is 12.1. The number of hydrogen-bond acceptors (Lipinski definition) is 4. The van der Waals surface area contributed by atoms with E-state index in [1.165, 1.54) is 49.9 Å². The highest BCUT2D eigenvalue weighted by atomic mass is 35.5. The van der Waals surface area contributed by atoms with Gasteiger partial charge in [0.15, 0.2) is 0 Å². The lowest BCUT2D eigenvalue weighted by molar-refractivity contribution is 0.161. The van der Waals surface area contributed by atoms with Crippen molar-refractivity contribution in [3.05, 3.63) is 41.4 Å². The quantitative estimate of drug-likeness (QED) is 0.658. The first kappa shape index (κ1) is 18.1. The maximum Gasteiger partial charge on any atom is 0.147 e. The number of anilines is 1. The molecule has 6 heteroatoms. The van der Waals surface area contributed by atoms with Crippen molar-refractivity contribution in [1.29, 1.82) is 0 Å². The Hall–Kier alpha value is -1.33. The largest absolute Gasteiger partial charge is 0.355 e. The van der Waals surface area contributed by atoms with Crippen molar-refractivity contribution >= 4 is 29.2 Å². The van der Waals surface area contributed by atoms with Gasteiger partial charge in [-0.25, -0.2) is 14.4 Å². The minimum absolute atomic E-state index is 0.135. The van der Waals surface area contributed by atoms with E-state index in [1.54, 1.807) is 18.3 Å². The van der Waals surface area contributed by atoms with Crippen LogP contribution in [0.5, 0.6) is 0 Å². The Labute approximate surface area is 163 Å². The topological polar surface area (TPSA) is 29.0 Å². The van der Waals surface area contributed by atoms with Gasteiger partial charge in [-0.2, -0.15) is 0 Å². The predicted octanol–water partition coefficient (Wildman–Crippen LogP) is 5.83. The smallest absolute Gasteiger partial charge is 0.147 e. The Morgan fingerprint density at radius 1 is 1.19 bits per heavy atom. The van der Waals surface area contributed by atoms with Crippen molar-refractivity contribution in [1.82, 2.24) is 9.97 Å². The molecule has 1 saturated carbocycles. The van der Waals surface area contributed by atoms with Gasteiger partial charge < -0.3 is 4.90 Å². The van der Waals surface area contributed by atoms with Crippen LogP contribution in [-0.4, -0.2) is 23.1 Å². The number of aromatic nitrogens is 2. The highest BCUT2D eigenvalue weighted by Gasteiger charge is 2.42. The van der Waals surface area contributed by atoms with E-state index in [1.807, 2.05) is 6.20 Å². The molecule has 138 valence electrons. The average Bonchev–Trinajstić information content (AvgIpc) is 3.00. The van der Waals surface area contributed by atoms with Crippen LogP contribution in [0.4, 0.5) is 10.2 Å². The van der Waals surface area contributed by atoms with Crippen LogP contribution in [0.25, 0.3) is 0 Å². The van der Waals surface area contributed by atoms with Crippen LogP contribution in [0.15, 0.2) is 40.5 Å². The minimum atomic E-state index is -0.412. The molecule has 0 radical (unpaired) electrons. The summed E-state index contributed by atoms with van der Waals surface area (Å²) in [6.45, 7) is 4.54. The number of rotatable bonds is 3. The van der Waals surface area contributed by atoms with Crippen LogP contribution < -0.4 is 4.90 Å². The minimum Gasteiger partial charge on any atom is -0.355 e. The van der Waals surface area contributed by atoms with Gasteiger partial charge in [0.05, 0.1) is 17.4 Å². The molecule has 1 saturated heterocycles. The SMILES string of the molecule is C[C@@H]1CCCC12CCN(c1cnc(Sc3cccc(F)c3Cl)cn1)CC2. The number of nitrogens with zero attached hydrogens (tertiary/aromatic N) is 3. The highest BCUT2D eigenvalue weighted by Crippen LogP contribution is 2.50. The zero-order chi connectivity index (χ0) is 18.1. The van der Waals surface area contributed by atoms with E-state index in [0.717, 1.165) is 29.9 Å². The fraction of sp³-hybridized carbons (Fsp3) is 0.500. The van der Waals surface area contributed by atoms with E-state index in [0.29, 0.717) is 10.3 Å². The van der Waals surface area contributed by atoms with Gasteiger partial charge in [0.2, 0.25) is 0 Å². The Morgan fingerprint density at radius 3 is 2.65 bits per heavy atom. The molecule has 0 N–H and O–H groups in total. The summed E-state index contributed by atoms with van der Waals surface area (Å²) in [5, 5.41) is 0.856. The van der Waals surface area contributed by atoms with Gasteiger partial charge in [0.1, 0.15) is 16.7 Å². The molecule has 1 atom stereocenters. The summed E-state index contributed by atoms with van der Waals surface area (Å²) in [7, 11) is 0. The molecule has 4 rings (SSSR count). The maximum absolute atomic E-state index is 13.6. The summed E-state index contributed by atoms with van der Waals surface area (Å²) in [6.07, 6.45) is 10.2. The van der Waals surface area contributed by atoms with Gasteiger partial charge in [-0.05, 0) is 42.7 Å². The number of halogens is 2. The van der Waals surface area contributed by atoms with Crippen LogP contribution in [0.3, 0.4) is 0 Å². The third-order valence-corrected chi connectivity index (χ3v) is 7.66. The lowest BCUT2D eigenvalue weighted by Crippen LogP contribution is -2.41. The van der Waals surface area contributed by atoms with Crippen molar-refractivity contribution in [2.45, 2.75) is 48.9 Å². The molecule has 2 aromatic rings. The van der Waals surface area contributed by atoms with E-state index in [4.69, 9.17) is 11.6 Å². The van der Waals surface area contributed by atoms with Gasteiger partial charge in [0.25, 0.3) is 0 Å². The molecular formula is C20H23ClFN3S. The second-order valence-electron chi connectivity index (χ2n) is 7.51. The zero-order valence-corrected chi connectivity index (χ0v) is 16.5.